The van der Waals surface area contributed by atoms with Gasteiger partial charge in [-0.25, -0.2) is 4.79 Å². The minimum Gasteiger partial charge on any atom is -0.482 e. The summed E-state index contributed by atoms with van der Waals surface area (Å²) in [5.74, 6) is -0.350. The lowest BCUT2D eigenvalue weighted by molar-refractivity contribution is -0.145. The molecule has 2 aliphatic heterocycles. The van der Waals surface area contributed by atoms with E-state index in [9.17, 15) is 14.7 Å². The summed E-state index contributed by atoms with van der Waals surface area (Å²) in [6, 6.07) is 7.43. The molecule has 2 aliphatic rings. The number of para-hydroxylation sites is 1. The molecule has 0 aliphatic carbocycles. The zero-order valence-corrected chi connectivity index (χ0v) is 15.1. The molecule has 2 fully saturated rings. The van der Waals surface area contributed by atoms with Crippen LogP contribution in [0, 0.1) is 5.92 Å². The van der Waals surface area contributed by atoms with Gasteiger partial charge in [0, 0.05) is 51.1 Å². The first-order valence-corrected chi connectivity index (χ1v) is 9.00. The van der Waals surface area contributed by atoms with E-state index in [2.05, 4.69) is 4.90 Å². The van der Waals surface area contributed by atoms with E-state index in [4.69, 9.17) is 9.84 Å². The molecule has 2 saturated heterocycles. The van der Waals surface area contributed by atoms with Gasteiger partial charge in [-0.15, -0.1) is 0 Å². The van der Waals surface area contributed by atoms with Crippen molar-refractivity contribution in [3.63, 3.8) is 0 Å². The van der Waals surface area contributed by atoms with Crippen molar-refractivity contribution in [1.29, 1.82) is 0 Å². The van der Waals surface area contributed by atoms with Crippen molar-refractivity contribution in [2.24, 2.45) is 5.92 Å². The molecule has 142 valence electrons. The van der Waals surface area contributed by atoms with Gasteiger partial charge in [-0.2, -0.15) is 0 Å². The van der Waals surface area contributed by atoms with Crippen LogP contribution >= 0.6 is 0 Å². The summed E-state index contributed by atoms with van der Waals surface area (Å²) >= 11 is 0. The standard InChI is InChI=1S/C19H26N2O5/c1-14(22)21-9-7-19(25)6-8-20(11-16(19)12-21)10-15-4-2-3-5-17(15)26-13-18(23)24/h2-5,16,25H,6-13H2,1H3,(H,23,24). The highest BCUT2D eigenvalue weighted by atomic mass is 16.5. The zero-order valence-electron chi connectivity index (χ0n) is 15.1. The van der Waals surface area contributed by atoms with Crippen molar-refractivity contribution < 1.29 is 24.5 Å². The third-order valence-electron chi connectivity index (χ3n) is 5.52. The number of piperidine rings is 2. The maximum Gasteiger partial charge on any atom is 0.341 e. The Morgan fingerprint density at radius 3 is 2.69 bits per heavy atom. The van der Waals surface area contributed by atoms with Gasteiger partial charge in [0.2, 0.25) is 5.91 Å². The van der Waals surface area contributed by atoms with Crippen molar-refractivity contribution in [3.05, 3.63) is 29.8 Å². The molecule has 2 heterocycles. The van der Waals surface area contributed by atoms with Gasteiger partial charge in [-0.05, 0) is 18.9 Å². The SMILES string of the molecule is CC(=O)N1CCC2(O)CCN(Cc3ccccc3OCC(=O)O)CC2C1. The van der Waals surface area contributed by atoms with Gasteiger partial charge in [-0.1, -0.05) is 18.2 Å². The van der Waals surface area contributed by atoms with Crippen LogP contribution in [0.1, 0.15) is 25.3 Å². The summed E-state index contributed by atoms with van der Waals surface area (Å²) < 4.78 is 5.39. The van der Waals surface area contributed by atoms with Crippen LogP contribution in [0.5, 0.6) is 5.75 Å². The number of hydrogen-bond acceptors (Lipinski definition) is 5. The molecular weight excluding hydrogens is 336 g/mol. The maximum absolute atomic E-state index is 11.7. The van der Waals surface area contributed by atoms with E-state index in [1.165, 1.54) is 0 Å². The van der Waals surface area contributed by atoms with E-state index in [0.29, 0.717) is 44.8 Å². The smallest absolute Gasteiger partial charge is 0.341 e. The lowest BCUT2D eigenvalue weighted by Crippen LogP contribution is -2.60. The van der Waals surface area contributed by atoms with Crippen molar-refractivity contribution >= 4 is 11.9 Å². The normalized spacial score (nSPS) is 26.2. The summed E-state index contributed by atoms with van der Waals surface area (Å²) in [6.45, 7) is 4.50. The first-order chi connectivity index (χ1) is 12.4. The van der Waals surface area contributed by atoms with Crippen LogP contribution in [-0.4, -0.2) is 70.3 Å². The minimum absolute atomic E-state index is 0.0287. The molecule has 0 saturated carbocycles. The largest absolute Gasteiger partial charge is 0.482 e. The molecule has 1 aromatic carbocycles. The van der Waals surface area contributed by atoms with E-state index < -0.39 is 11.6 Å². The van der Waals surface area contributed by atoms with E-state index in [1.54, 1.807) is 13.0 Å². The van der Waals surface area contributed by atoms with E-state index in [0.717, 1.165) is 12.1 Å². The van der Waals surface area contributed by atoms with Crippen LogP contribution in [-0.2, 0) is 16.1 Å². The second kappa shape index (κ2) is 7.63. The number of carbonyl (C=O) groups is 2. The quantitative estimate of drug-likeness (QED) is 0.811. The highest BCUT2D eigenvalue weighted by Gasteiger charge is 2.45. The molecule has 0 bridgehead atoms. The third-order valence-corrected chi connectivity index (χ3v) is 5.52. The fraction of sp³-hybridized carbons (Fsp3) is 0.579. The van der Waals surface area contributed by atoms with E-state index in [-0.39, 0.29) is 18.4 Å². The number of benzene rings is 1. The molecule has 0 spiro atoms. The summed E-state index contributed by atoms with van der Waals surface area (Å²) in [5.41, 5.74) is 0.236. The number of likely N-dealkylation sites (tertiary alicyclic amines) is 2. The molecule has 7 heteroatoms. The average Bonchev–Trinajstić information content (AvgIpc) is 2.60. The summed E-state index contributed by atoms with van der Waals surface area (Å²) in [4.78, 5) is 26.5. The summed E-state index contributed by atoms with van der Waals surface area (Å²) in [7, 11) is 0. The number of rotatable bonds is 5. The fourth-order valence-corrected chi connectivity index (χ4v) is 3.96. The van der Waals surface area contributed by atoms with Gasteiger partial charge in [0.25, 0.3) is 0 Å². The monoisotopic (exact) mass is 362 g/mol. The average molecular weight is 362 g/mol. The lowest BCUT2D eigenvalue weighted by Gasteiger charge is -2.50. The van der Waals surface area contributed by atoms with E-state index in [1.807, 2.05) is 23.1 Å². The maximum atomic E-state index is 11.7. The van der Waals surface area contributed by atoms with Gasteiger partial charge in [0.05, 0.1) is 5.60 Å². The Balaban J connectivity index is 1.67. The van der Waals surface area contributed by atoms with Gasteiger partial charge in [0.1, 0.15) is 5.75 Å². The Morgan fingerprint density at radius 1 is 1.23 bits per heavy atom. The molecule has 1 amide bonds. The number of aliphatic hydroxyl groups is 1. The highest BCUT2D eigenvalue weighted by molar-refractivity contribution is 5.73. The Hall–Kier alpha value is -2.12. The molecule has 2 atom stereocenters. The van der Waals surface area contributed by atoms with Gasteiger partial charge >= 0.3 is 5.97 Å². The second-order valence-corrected chi connectivity index (χ2v) is 7.29. The Labute approximate surface area is 153 Å². The van der Waals surface area contributed by atoms with Crippen LogP contribution in [0.25, 0.3) is 0 Å². The van der Waals surface area contributed by atoms with Crippen LogP contribution in [0.2, 0.25) is 0 Å². The van der Waals surface area contributed by atoms with Crippen LogP contribution in [0.3, 0.4) is 0 Å². The number of carboxylic acids is 1. The number of amides is 1. The molecule has 2 unspecified atom stereocenters. The number of ether oxygens (including phenoxy) is 1. The number of hydrogen-bond donors (Lipinski definition) is 2. The molecule has 2 N–H and O–H groups in total. The Morgan fingerprint density at radius 2 is 1.96 bits per heavy atom. The molecule has 26 heavy (non-hydrogen) atoms. The molecular formula is C19H26N2O5. The fourth-order valence-electron chi connectivity index (χ4n) is 3.96. The molecule has 7 nitrogen and oxygen atoms in total. The second-order valence-electron chi connectivity index (χ2n) is 7.29. The topological polar surface area (TPSA) is 90.3 Å². The number of nitrogens with zero attached hydrogens (tertiary/aromatic N) is 2. The predicted octanol–water partition coefficient (Wildman–Crippen LogP) is 0.955. The van der Waals surface area contributed by atoms with Crippen molar-refractivity contribution in [3.8, 4) is 5.75 Å². The van der Waals surface area contributed by atoms with Gasteiger partial charge < -0.3 is 19.8 Å². The summed E-state index contributed by atoms with van der Waals surface area (Å²) in [5, 5.41) is 19.7. The minimum atomic E-state index is -1.01. The van der Waals surface area contributed by atoms with Crippen molar-refractivity contribution in [2.45, 2.75) is 31.9 Å². The molecule has 0 aromatic heterocycles. The number of fused-ring (bicyclic) bond motifs is 1. The first-order valence-electron chi connectivity index (χ1n) is 9.00. The summed E-state index contributed by atoms with van der Waals surface area (Å²) in [6.07, 6.45) is 1.31. The number of carboxylic acid groups (broad SMARTS) is 1. The third kappa shape index (κ3) is 4.16. The molecule has 1 aromatic rings. The zero-order chi connectivity index (χ0) is 18.7. The van der Waals surface area contributed by atoms with Crippen molar-refractivity contribution in [2.75, 3.05) is 32.8 Å². The highest BCUT2D eigenvalue weighted by Crippen LogP contribution is 2.36. The van der Waals surface area contributed by atoms with Crippen LogP contribution < -0.4 is 4.74 Å². The number of aliphatic carboxylic acids is 1. The lowest BCUT2D eigenvalue weighted by atomic mass is 9.75. The van der Waals surface area contributed by atoms with Gasteiger partial charge in [0.15, 0.2) is 6.61 Å². The first kappa shape index (κ1) is 18.7. The van der Waals surface area contributed by atoms with Gasteiger partial charge in [-0.3, -0.25) is 9.69 Å². The van der Waals surface area contributed by atoms with Crippen LogP contribution in [0.15, 0.2) is 24.3 Å². The Bertz CT molecular complexity index is 680. The van der Waals surface area contributed by atoms with Crippen molar-refractivity contribution in [1.82, 2.24) is 9.80 Å². The van der Waals surface area contributed by atoms with Crippen LogP contribution in [0.4, 0.5) is 0 Å². The van der Waals surface area contributed by atoms with E-state index >= 15 is 0 Å². The number of carbonyl (C=O) groups excluding carboxylic acids is 1. The molecule has 3 rings (SSSR count). The Kier molecular flexibility index (Phi) is 5.48. The molecule has 0 radical (unpaired) electrons. The predicted molar refractivity (Wildman–Crippen MR) is 94.8 cm³/mol.